The number of allylic oxidation sites excluding steroid dienone is 1. The standard InChI is InChI=1S/C32H30FN3O3/c1-4-21-10-12-28-26(17-21)31(37)30(20(2)36(28)3)32(38)35-23-11-13-29(27(33)19-23)39-25-14-15-34-24(18-25)16-22-8-6-5-7-9-22/h5-15,17-19,31,37H,4,16H2,1-3H3,(H,35,38). The van der Waals surface area contributed by atoms with Gasteiger partial charge < -0.3 is 20.1 Å². The van der Waals surface area contributed by atoms with Crippen LogP contribution in [0.5, 0.6) is 11.5 Å². The van der Waals surface area contributed by atoms with E-state index in [1.165, 1.54) is 12.1 Å². The highest BCUT2D eigenvalue weighted by atomic mass is 19.1. The fourth-order valence-corrected chi connectivity index (χ4v) is 4.76. The summed E-state index contributed by atoms with van der Waals surface area (Å²) < 4.78 is 20.8. The van der Waals surface area contributed by atoms with Crippen molar-refractivity contribution in [3.05, 3.63) is 125 Å². The van der Waals surface area contributed by atoms with E-state index in [9.17, 15) is 9.90 Å². The number of ether oxygens (including phenoxy) is 1. The molecule has 4 aromatic rings. The molecule has 6 nitrogen and oxygen atoms in total. The van der Waals surface area contributed by atoms with Crippen molar-refractivity contribution in [1.29, 1.82) is 0 Å². The number of hydrogen-bond donors (Lipinski definition) is 2. The number of carbonyl (C=O) groups is 1. The number of carbonyl (C=O) groups excluding carboxylic acids is 1. The van der Waals surface area contributed by atoms with Crippen LogP contribution < -0.4 is 15.0 Å². The van der Waals surface area contributed by atoms with Gasteiger partial charge in [-0.3, -0.25) is 9.78 Å². The van der Waals surface area contributed by atoms with Gasteiger partial charge in [0.1, 0.15) is 11.9 Å². The zero-order valence-corrected chi connectivity index (χ0v) is 22.1. The highest BCUT2D eigenvalue weighted by molar-refractivity contribution is 6.06. The third-order valence-corrected chi connectivity index (χ3v) is 7.00. The second kappa shape index (κ2) is 11.1. The molecule has 0 radical (unpaired) electrons. The van der Waals surface area contributed by atoms with Crippen LogP contribution >= 0.6 is 0 Å². The number of aromatic nitrogens is 1. The number of aryl methyl sites for hydroxylation is 1. The van der Waals surface area contributed by atoms with E-state index in [0.717, 1.165) is 28.9 Å². The number of benzene rings is 3. The lowest BCUT2D eigenvalue weighted by atomic mass is 9.91. The first-order valence-corrected chi connectivity index (χ1v) is 12.9. The Hall–Kier alpha value is -4.49. The van der Waals surface area contributed by atoms with Crippen molar-refractivity contribution in [1.82, 2.24) is 4.98 Å². The minimum Gasteiger partial charge on any atom is -0.454 e. The molecule has 5 rings (SSSR count). The van der Waals surface area contributed by atoms with E-state index >= 15 is 4.39 Å². The molecular weight excluding hydrogens is 493 g/mol. The fraction of sp³-hybridized carbons (Fsp3) is 0.188. The molecule has 1 amide bonds. The molecule has 0 spiro atoms. The highest BCUT2D eigenvalue weighted by Crippen LogP contribution is 2.40. The average molecular weight is 524 g/mol. The lowest BCUT2D eigenvalue weighted by Gasteiger charge is -2.34. The van der Waals surface area contributed by atoms with Gasteiger partial charge in [0.25, 0.3) is 5.91 Å². The number of anilines is 2. The van der Waals surface area contributed by atoms with Gasteiger partial charge in [0.05, 0.1) is 5.57 Å². The van der Waals surface area contributed by atoms with Gasteiger partial charge in [0, 0.05) is 60.1 Å². The van der Waals surface area contributed by atoms with Gasteiger partial charge in [-0.15, -0.1) is 0 Å². The molecule has 1 unspecified atom stereocenters. The molecular formula is C32H30FN3O3. The van der Waals surface area contributed by atoms with E-state index in [4.69, 9.17) is 4.74 Å². The van der Waals surface area contributed by atoms with Crippen molar-refractivity contribution in [3.63, 3.8) is 0 Å². The summed E-state index contributed by atoms with van der Waals surface area (Å²) in [4.78, 5) is 19.5. The van der Waals surface area contributed by atoms with Crippen LogP contribution in [0.3, 0.4) is 0 Å². The summed E-state index contributed by atoms with van der Waals surface area (Å²) in [5.41, 5.74) is 5.61. The number of rotatable bonds is 7. The molecule has 3 aromatic carbocycles. The van der Waals surface area contributed by atoms with Crippen LogP contribution in [-0.2, 0) is 17.6 Å². The Bertz CT molecular complexity index is 1550. The molecule has 1 aliphatic heterocycles. The molecule has 1 aliphatic rings. The Morgan fingerprint density at radius 3 is 2.59 bits per heavy atom. The van der Waals surface area contributed by atoms with Crippen LogP contribution in [-0.4, -0.2) is 23.0 Å². The third-order valence-electron chi connectivity index (χ3n) is 7.00. The molecule has 0 aliphatic carbocycles. The van der Waals surface area contributed by atoms with E-state index in [0.29, 0.717) is 23.4 Å². The van der Waals surface area contributed by atoms with Crippen molar-refractivity contribution >= 4 is 17.3 Å². The third kappa shape index (κ3) is 5.54. The van der Waals surface area contributed by atoms with E-state index in [1.807, 2.05) is 67.4 Å². The SMILES string of the molecule is CCc1ccc2c(c1)C(O)C(C(=O)Nc1ccc(Oc3ccnc(Cc4ccccc4)c3)c(F)c1)=C(C)N2C. The number of fused-ring (bicyclic) bond motifs is 1. The van der Waals surface area contributed by atoms with Crippen molar-refractivity contribution in [2.45, 2.75) is 32.8 Å². The minimum absolute atomic E-state index is 0.0266. The Morgan fingerprint density at radius 2 is 1.85 bits per heavy atom. The molecule has 7 heteroatoms. The summed E-state index contributed by atoms with van der Waals surface area (Å²) in [6.45, 7) is 3.82. The zero-order chi connectivity index (χ0) is 27.5. The second-order valence-electron chi connectivity index (χ2n) is 9.55. The van der Waals surface area contributed by atoms with Crippen molar-refractivity contribution in [2.75, 3.05) is 17.3 Å². The Labute approximate surface area is 227 Å². The first kappa shape index (κ1) is 26.1. The van der Waals surface area contributed by atoms with Crippen molar-refractivity contribution < 1.29 is 19.0 Å². The van der Waals surface area contributed by atoms with Gasteiger partial charge in [0.15, 0.2) is 11.6 Å². The Morgan fingerprint density at radius 1 is 1.05 bits per heavy atom. The number of nitrogens with one attached hydrogen (secondary N) is 1. The number of pyridine rings is 1. The maximum Gasteiger partial charge on any atom is 0.256 e. The number of aliphatic hydroxyl groups excluding tert-OH is 1. The summed E-state index contributed by atoms with van der Waals surface area (Å²) in [7, 11) is 1.86. The van der Waals surface area contributed by atoms with Gasteiger partial charge in [-0.2, -0.15) is 0 Å². The molecule has 198 valence electrons. The monoisotopic (exact) mass is 523 g/mol. The summed E-state index contributed by atoms with van der Waals surface area (Å²) >= 11 is 0. The maximum absolute atomic E-state index is 15.0. The molecule has 2 heterocycles. The maximum atomic E-state index is 15.0. The summed E-state index contributed by atoms with van der Waals surface area (Å²) in [5, 5.41) is 13.8. The summed E-state index contributed by atoms with van der Waals surface area (Å²) in [6.07, 6.45) is 1.98. The number of amides is 1. The topological polar surface area (TPSA) is 74.7 Å². The first-order valence-electron chi connectivity index (χ1n) is 12.9. The molecule has 0 saturated carbocycles. The average Bonchev–Trinajstić information content (AvgIpc) is 2.94. The number of hydrogen-bond acceptors (Lipinski definition) is 5. The summed E-state index contributed by atoms with van der Waals surface area (Å²) in [5.74, 6) is -0.629. The quantitative estimate of drug-likeness (QED) is 0.287. The molecule has 0 bridgehead atoms. The zero-order valence-electron chi connectivity index (χ0n) is 22.1. The largest absolute Gasteiger partial charge is 0.454 e. The molecule has 1 aromatic heterocycles. The predicted molar refractivity (Wildman–Crippen MR) is 150 cm³/mol. The van der Waals surface area contributed by atoms with E-state index in [1.54, 1.807) is 31.3 Å². The summed E-state index contributed by atoms with van der Waals surface area (Å²) in [6, 6.07) is 23.5. The molecule has 0 saturated heterocycles. The van der Waals surface area contributed by atoms with Crippen LogP contribution in [0.4, 0.5) is 15.8 Å². The van der Waals surface area contributed by atoms with Gasteiger partial charge in [-0.05, 0) is 48.7 Å². The van der Waals surface area contributed by atoms with Crippen LogP contribution in [0, 0.1) is 5.82 Å². The van der Waals surface area contributed by atoms with E-state index < -0.39 is 17.8 Å². The lowest BCUT2D eigenvalue weighted by Crippen LogP contribution is -2.31. The van der Waals surface area contributed by atoms with Crippen LogP contribution in [0.25, 0.3) is 0 Å². The molecule has 1 atom stereocenters. The van der Waals surface area contributed by atoms with E-state index in [2.05, 4.69) is 10.3 Å². The van der Waals surface area contributed by atoms with Crippen molar-refractivity contribution in [3.8, 4) is 11.5 Å². The minimum atomic E-state index is -1.09. The van der Waals surface area contributed by atoms with Crippen molar-refractivity contribution in [2.24, 2.45) is 0 Å². The Kier molecular flexibility index (Phi) is 7.43. The number of nitrogens with zero attached hydrogens (tertiary/aromatic N) is 2. The smallest absolute Gasteiger partial charge is 0.256 e. The first-order chi connectivity index (χ1) is 18.8. The number of aliphatic hydroxyl groups is 1. The molecule has 2 N–H and O–H groups in total. The van der Waals surface area contributed by atoms with Gasteiger partial charge >= 0.3 is 0 Å². The predicted octanol–water partition coefficient (Wildman–Crippen LogP) is 6.56. The Balaban J connectivity index is 1.31. The van der Waals surface area contributed by atoms with Gasteiger partial charge in [-0.25, -0.2) is 4.39 Å². The van der Waals surface area contributed by atoms with Gasteiger partial charge in [-0.1, -0.05) is 49.4 Å². The molecule has 0 fully saturated rings. The normalized spacial score (nSPS) is 14.7. The highest BCUT2D eigenvalue weighted by Gasteiger charge is 2.32. The number of halogens is 1. The lowest BCUT2D eigenvalue weighted by molar-refractivity contribution is -0.113. The van der Waals surface area contributed by atoms with Crippen LogP contribution in [0.2, 0.25) is 0 Å². The fourth-order valence-electron chi connectivity index (χ4n) is 4.76. The van der Waals surface area contributed by atoms with Gasteiger partial charge in [0.2, 0.25) is 0 Å². The molecule has 39 heavy (non-hydrogen) atoms. The van der Waals surface area contributed by atoms with E-state index in [-0.39, 0.29) is 17.0 Å². The van der Waals surface area contributed by atoms with Crippen LogP contribution in [0.1, 0.15) is 42.3 Å². The second-order valence-corrected chi connectivity index (χ2v) is 9.55. The van der Waals surface area contributed by atoms with Crippen LogP contribution in [0.15, 0.2) is 96.3 Å².